The van der Waals surface area contributed by atoms with Crippen molar-refractivity contribution < 1.29 is 18.3 Å². The lowest BCUT2D eigenvalue weighted by Crippen LogP contribution is -2.24. The summed E-state index contributed by atoms with van der Waals surface area (Å²) in [6, 6.07) is 0. The van der Waals surface area contributed by atoms with Crippen molar-refractivity contribution >= 4 is 17.7 Å². The van der Waals surface area contributed by atoms with Crippen LogP contribution in [-0.2, 0) is 9.53 Å². The van der Waals surface area contributed by atoms with Gasteiger partial charge in [0.05, 0.1) is 7.11 Å². The first-order valence-corrected chi connectivity index (χ1v) is 6.51. The van der Waals surface area contributed by atoms with Crippen LogP contribution in [-0.4, -0.2) is 30.5 Å². The molecule has 1 unspecified atom stereocenters. The number of hydrogen-bond donors (Lipinski definition) is 0. The molecule has 0 fully saturated rings. The van der Waals surface area contributed by atoms with E-state index < -0.39 is 6.43 Å². The smallest absolute Gasteiger partial charge is 0.319 e. The Morgan fingerprint density at radius 1 is 1.31 bits per heavy atom. The van der Waals surface area contributed by atoms with Crippen molar-refractivity contribution in [2.45, 2.75) is 44.8 Å². The van der Waals surface area contributed by atoms with Crippen molar-refractivity contribution in [3.63, 3.8) is 0 Å². The third-order valence-corrected chi connectivity index (χ3v) is 3.77. The van der Waals surface area contributed by atoms with E-state index in [0.29, 0.717) is 6.42 Å². The average Bonchev–Trinajstić information content (AvgIpc) is 2.21. The Kier molecular flexibility index (Phi) is 8.61. The second-order valence-corrected chi connectivity index (χ2v) is 5.19. The van der Waals surface area contributed by atoms with Gasteiger partial charge in [-0.05, 0) is 24.5 Å². The molecular formula is C11H20F2O2S. The van der Waals surface area contributed by atoms with Gasteiger partial charge in [-0.1, -0.05) is 13.8 Å². The highest BCUT2D eigenvalue weighted by Crippen LogP contribution is 2.22. The maximum absolute atomic E-state index is 11.9. The Morgan fingerprint density at radius 2 is 1.94 bits per heavy atom. The summed E-state index contributed by atoms with van der Waals surface area (Å²) in [6.45, 7) is 3.90. The predicted octanol–water partition coefficient (Wildman–Crippen LogP) is 3.35. The number of ether oxygens (including phenoxy) is 1. The van der Waals surface area contributed by atoms with E-state index in [1.165, 1.54) is 18.9 Å². The Hall–Kier alpha value is -0.320. The Balaban J connectivity index is 3.73. The van der Waals surface area contributed by atoms with Crippen molar-refractivity contribution in [3.8, 4) is 0 Å². The quantitative estimate of drug-likeness (QED) is 0.491. The van der Waals surface area contributed by atoms with Gasteiger partial charge < -0.3 is 4.74 Å². The number of thioether (sulfide) groups is 1. The van der Waals surface area contributed by atoms with Gasteiger partial charge in [0.25, 0.3) is 0 Å². The van der Waals surface area contributed by atoms with Crippen LogP contribution in [0.5, 0.6) is 0 Å². The highest BCUT2D eigenvalue weighted by atomic mass is 32.2. The highest BCUT2D eigenvalue weighted by Gasteiger charge is 2.22. The molecule has 0 amide bonds. The predicted molar refractivity (Wildman–Crippen MR) is 63.0 cm³/mol. The van der Waals surface area contributed by atoms with Gasteiger partial charge in [0.15, 0.2) is 0 Å². The van der Waals surface area contributed by atoms with Crippen LogP contribution < -0.4 is 0 Å². The third-order valence-electron chi connectivity index (χ3n) is 2.15. The minimum atomic E-state index is -2.22. The van der Waals surface area contributed by atoms with Crippen molar-refractivity contribution in [2.75, 3.05) is 12.9 Å². The van der Waals surface area contributed by atoms with Crippen LogP contribution in [0.3, 0.4) is 0 Å². The van der Waals surface area contributed by atoms with E-state index in [0.717, 1.165) is 12.2 Å². The van der Waals surface area contributed by atoms with Crippen LogP contribution in [0.1, 0.15) is 33.1 Å². The minimum absolute atomic E-state index is 0.0505. The van der Waals surface area contributed by atoms with Gasteiger partial charge in [-0.2, -0.15) is 0 Å². The largest absolute Gasteiger partial charge is 0.468 e. The number of unbranched alkanes of at least 4 members (excludes halogenated alkanes) is 1. The van der Waals surface area contributed by atoms with E-state index >= 15 is 0 Å². The summed E-state index contributed by atoms with van der Waals surface area (Å²) >= 11 is 1.49. The number of halogens is 2. The molecule has 0 aromatic heterocycles. The molecular weight excluding hydrogens is 234 g/mol. The van der Waals surface area contributed by atoms with Crippen molar-refractivity contribution in [1.29, 1.82) is 0 Å². The topological polar surface area (TPSA) is 26.3 Å². The van der Waals surface area contributed by atoms with Crippen LogP contribution in [0.25, 0.3) is 0 Å². The fourth-order valence-corrected chi connectivity index (χ4v) is 2.50. The van der Waals surface area contributed by atoms with Gasteiger partial charge in [-0.3, -0.25) is 4.79 Å². The maximum Gasteiger partial charge on any atom is 0.319 e. The molecule has 0 aromatic carbocycles. The fourth-order valence-electron chi connectivity index (χ4n) is 1.26. The molecule has 1 atom stereocenters. The zero-order valence-electron chi connectivity index (χ0n) is 10.0. The van der Waals surface area contributed by atoms with Crippen LogP contribution in [0.2, 0.25) is 0 Å². The number of rotatable bonds is 8. The summed E-state index contributed by atoms with van der Waals surface area (Å²) in [4.78, 5) is 11.4. The standard InChI is InChI=1S/C11H20F2O2S/c1-8(2)10(11(14)15-3)16-7-5-4-6-9(12)13/h8-10H,4-7H2,1-3H3. The molecule has 5 heteroatoms. The molecule has 0 spiro atoms. The molecule has 0 rings (SSSR count). The van der Waals surface area contributed by atoms with Crippen LogP contribution in [0, 0.1) is 5.92 Å². The Morgan fingerprint density at radius 3 is 2.38 bits per heavy atom. The van der Waals surface area contributed by atoms with Crippen molar-refractivity contribution in [3.05, 3.63) is 0 Å². The number of hydrogen-bond acceptors (Lipinski definition) is 3. The zero-order chi connectivity index (χ0) is 12.6. The zero-order valence-corrected chi connectivity index (χ0v) is 10.9. The van der Waals surface area contributed by atoms with Gasteiger partial charge in [-0.25, -0.2) is 8.78 Å². The summed E-state index contributed by atoms with van der Waals surface area (Å²) in [6.07, 6.45) is -1.04. The van der Waals surface area contributed by atoms with Gasteiger partial charge in [0.1, 0.15) is 5.25 Å². The van der Waals surface area contributed by atoms with Crippen molar-refractivity contribution in [1.82, 2.24) is 0 Å². The number of carbonyl (C=O) groups excluding carboxylic acids is 1. The molecule has 0 saturated heterocycles. The summed E-state index contributed by atoms with van der Waals surface area (Å²) in [5.74, 6) is 0.700. The lowest BCUT2D eigenvalue weighted by Gasteiger charge is -2.17. The molecule has 0 bridgehead atoms. The van der Waals surface area contributed by atoms with E-state index in [1.54, 1.807) is 0 Å². The van der Waals surface area contributed by atoms with Gasteiger partial charge >= 0.3 is 5.97 Å². The molecule has 0 N–H and O–H groups in total. The van der Waals surface area contributed by atoms with Crippen LogP contribution in [0.15, 0.2) is 0 Å². The number of alkyl halides is 2. The van der Waals surface area contributed by atoms with Gasteiger partial charge in [0.2, 0.25) is 6.43 Å². The molecule has 0 aliphatic carbocycles. The Labute approximate surface area is 100 Å². The second kappa shape index (κ2) is 8.79. The minimum Gasteiger partial charge on any atom is -0.468 e. The Bertz CT molecular complexity index is 198. The molecule has 0 radical (unpaired) electrons. The number of esters is 1. The SMILES string of the molecule is COC(=O)C(SCCCCC(F)F)C(C)C. The molecule has 0 saturated carbocycles. The van der Waals surface area contributed by atoms with Gasteiger partial charge in [-0.15, -0.1) is 11.8 Å². The van der Waals surface area contributed by atoms with E-state index in [4.69, 9.17) is 0 Å². The summed E-state index contributed by atoms with van der Waals surface area (Å²) in [7, 11) is 1.37. The lowest BCUT2D eigenvalue weighted by molar-refractivity contribution is -0.140. The van der Waals surface area contributed by atoms with E-state index in [-0.39, 0.29) is 23.6 Å². The van der Waals surface area contributed by atoms with Crippen LogP contribution >= 0.6 is 11.8 Å². The summed E-state index contributed by atoms with van der Waals surface area (Å²) in [5.41, 5.74) is 0. The molecule has 0 aliphatic rings. The number of carbonyl (C=O) groups is 1. The van der Waals surface area contributed by atoms with E-state index in [1.807, 2.05) is 13.8 Å². The molecule has 16 heavy (non-hydrogen) atoms. The molecule has 2 nitrogen and oxygen atoms in total. The maximum atomic E-state index is 11.9. The lowest BCUT2D eigenvalue weighted by atomic mass is 10.1. The fraction of sp³-hybridized carbons (Fsp3) is 0.909. The average molecular weight is 254 g/mol. The molecule has 0 aliphatic heterocycles. The summed E-state index contributed by atoms with van der Waals surface area (Å²) in [5, 5.41) is -0.184. The normalized spacial score (nSPS) is 13.2. The summed E-state index contributed by atoms with van der Waals surface area (Å²) < 4.78 is 28.4. The molecule has 0 aromatic rings. The molecule has 96 valence electrons. The number of methoxy groups -OCH3 is 1. The first kappa shape index (κ1) is 15.7. The van der Waals surface area contributed by atoms with E-state index in [9.17, 15) is 13.6 Å². The van der Waals surface area contributed by atoms with Crippen molar-refractivity contribution in [2.24, 2.45) is 5.92 Å². The first-order valence-electron chi connectivity index (χ1n) is 5.46. The molecule has 0 heterocycles. The first-order chi connectivity index (χ1) is 7.49. The monoisotopic (exact) mass is 254 g/mol. The second-order valence-electron chi connectivity index (χ2n) is 3.95. The third kappa shape index (κ3) is 7.04. The van der Waals surface area contributed by atoms with Crippen LogP contribution in [0.4, 0.5) is 8.78 Å². The van der Waals surface area contributed by atoms with Gasteiger partial charge in [0, 0.05) is 6.42 Å². The van der Waals surface area contributed by atoms with E-state index in [2.05, 4.69) is 4.74 Å². The highest BCUT2D eigenvalue weighted by molar-refractivity contribution is 8.00.